The molecule has 0 atom stereocenters. The van der Waals surface area contributed by atoms with Crippen molar-refractivity contribution in [3.05, 3.63) is 59.1 Å². The highest BCUT2D eigenvalue weighted by molar-refractivity contribution is 6.33. The third-order valence-electron chi connectivity index (χ3n) is 3.33. The van der Waals surface area contributed by atoms with E-state index in [0.717, 1.165) is 29.5 Å². The van der Waals surface area contributed by atoms with Gasteiger partial charge < -0.3 is 15.0 Å². The lowest BCUT2D eigenvalue weighted by molar-refractivity contribution is 0.199. The number of rotatable bonds is 7. The van der Waals surface area contributed by atoms with Crippen LogP contribution in [-0.4, -0.2) is 27.3 Å². The van der Waals surface area contributed by atoms with Gasteiger partial charge in [0.25, 0.3) is 0 Å². The zero-order valence-electron chi connectivity index (χ0n) is 12.5. The molecule has 0 aliphatic carbocycles. The molecule has 0 saturated carbocycles. The van der Waals surface area contributed by atoms with Crippen molar-refractivity contribution >= 4 is 23.0 Å². The quantitative estimate of drug-likeness (QED) is 0.787. The highest BCUT2D eigenvalue weighted by atomic mass is 35.5. The number of para-hydroxylation sites is 1. The maximum Gasteiger partial charge on any atom is 0.0646 e. The Labute approximate surface area is 131 Å². The Morgan fingerprint density at radius 1 is 1.14 bits per heavy atom. The number of anilines is 2. The van der Waals surface area contributed by atoms with Gasteiger partial charge in [0.15, 0.2) is 0 Å². The third kappa shape index (κ3) is 4.46. The Morgan fingerprint density at radius 2 is 1.90 bits per heavy atom. The predicted octanol–water partition coefficient (Wildman–Crippen LogP) is 3.84. The Kier molecular flexibility index (Phi) is 6.05. The van der Waals surface area contributed by atoms with Crippen LogP contribution in [0.5, 0.6) is 0 Å². The molecule has 4 heteroatoms. The second-order valence-corrected chi connectivity index (χ2v) is 5.26. The van der Waals surface area contributed by atoms with Gasteiger partial charge in [-0.3, -0.25) is 0 Å². The monoisotopic (exact) mass is 304 g/mol. The van der Waals surface area contributed by atoms with Crippen LogP contribution in [0, 0.1) is 0 Å². The maximum atomic E-state index is 6.42. The van der Waals surface area contributed by atoms with Crippen LogP contribution in [0.1, 0.15) is 5.56 Å². The summed E-state index contributed by atoms with van der Waals surface area (Å²) in [6, 6.07) is 16.3. The van der Waals surface area contributed by atoms with Crippen LogP contribution < -0.4 is 10.2 Å². The summed E-state index contributed by atoms with van der Waals surface area (Å²) in [6.07, 6.45) is 0. The van der Waals surface area contributed by atoms with E-state index in [-0.39, 0.29) is 0 Å². The summed E-state index contributed by atoms with van der Waals surface area (Å²) >= 11 is 6.42. The fourth-order valence-corrected chi connectivity index (χ4v) is 2.46. The van der Waals surface area contributed by atoms with E-state index < -0.39 is 0 Å². The van der Waals surface area contributed by atoms with E-state index in [0.29, 0.717) is 6.61 Å². The van der Waals surface area contributed by atoms with Gasteiger partial charge in [0, 0.05) is 32.9 Å². The first-order valence-electron chi connectivity index (χ1n) is 6.99. The summed E-state index contributed by atoms with van der Waals surface area (Å²) < 4.78 is 5.01. The molecule has 0 aliphatic rings. The normalized spacial score (nSPS) is 10.6. The number of nitrogens with zero attached hydrogens (tertiary/aromatic N) is 1. The lowest BCUT2D eigenvalue weighted by Gasteiger charge is -2.21. The fraction of sp³-hybridized carbons (Fsp3) is 0.294. The molecule has 0 spiro atoms. The topological polar surface area (TPSA) is 24.5 Å². The van der Waals surface area contributed by atoms with Crippen molar-refractivity contribution in [1.82, 2.24) is 5.32 Å². The van der Waals surface area contributed by atoms with Gasteiger partial charge in [-0.05, 0) is 29.8 Å². The third-order valence-corrected chi connectivity index (χ3v) is 3.63. The molecule has 112 valence electrons. The molecular weight excluding hydrogens is 284 g/mol. The van der Waals surface area contributed by atoms with Gasteiger partial charge in [0.05, 0.1) is 17.3 Å². The second kappa shape index (κ2) is 8.03. The zero-order valence-corrected chi connectivity index (χ0v) is 13.2. The van der Waals surface area contributed by atoms with Crippen LogP contribution in [0.2, 0.25) is 5.02 Å². The lowest BCUT2D eigenvalue weighted by Crippen LogP contribution is -2.18. The van der Waals surface area contributed by atoms with Gasteiger partial charge in [-0.1, -0.05) is 35.9 Å². The molecule has 3 nitrogen and oxygen atoms in total. The summed E-state index contributed by atoms with van der Waals surface area (Å²) in [5, 5.41) is 4.07. The van der Waals surface area contributed by atoms with Gasteiger partial charge in [0.1, 0.15) is 0 Å². The Bertz CT molecular complexity index is 560. The van der Waals surface area contributed by atoms with E-state index in [1.807, 2.05) is 31.3 Å². The number of hydrogen-bond acceptors (Lipinski definition) is 3. The lowest BCUT2D eigenvalue weighted by atomic mass is 10.2. The van der Waals surface area contributed by atoms with Crippen LogP contribution in [0.3, 0.4) is 0 Å². The molecule has 1 N–H and O–H groups in total. The molecule has 0 fully saturated rings. The molecule has 0 amide bonds. The van der Waals surface area contributed by atoms with Crippen molar-refractivity contribution in [2.45, 2.75) is 6.54 Å². The average Bonchev–Trinajstić information content (AvgIpc) is 2.52. The van der Waals surface area contributed by atoms with Gasteiger partial charge in [0.2, 0.25) is 0 Å². The van der Waals surface area contributed by atoms with Crippen molar-refractivity contribution in [3.8, 4) is 0 Å². The highest BCUT2D eigenvalue weighted by Crippen LogP contribution is 2.31. The predicted molar refractivity (Wildman–Crippen MR) is 89.5 cm³/mol. The van der Waals surface area contributed by atoms with E-state index >= 15 is 0 Å². The molecule has 2 rings (SSSR count). The summed E-state index contributed by atoms with van der Waals surface area (Å²) in [6.45, 7) is 2.33. The second-order valence-electron chi connectivity index (χ2n) is 4.85. The first-order valence-corrected chi connectivity index (χ1v) is 7.37. The standard InChI is InChI=1S/C17H21ClN2O/c1-20(15-6-4-3-5-7-15)17-9-8-14(12-16(17)18)13-19-10-11-21-2/h3-9,12,19H,10-11,13H2,1-2H3. The molecule has 2 aromatic rings. The van der Waals surface area contributed by atoms with E-state index in [2.05, 4.69) is 34.5 Å². The van der Waals surface area contributed by atoms with Gasteiger partial charge >= 0.3 is 0 Å². The van der Waals surface area contributed by atoms with E-state index in [9.17, 15) is 0 Å². The fourth-order valence-electron chi connectivity index (χ4n) is 2.13. The van der Waals surface area contributed by atoms with E-state index in [4.69, 9.17) is 16.3 Å². The molecule has 0 saturated heterocycles. The number of halogens is 1. The van der Waals surface area contributed by atoms with Crippen molar-refractivity contribution in [2.75, 3.05) is 32.2 Å². The number of benzene rings is 2. The van der Waals surface area contributed by atoms with Crippen LogP contribution in [-0.2, 0) is 11.3 Å². The Hall–Kier alpha value is -1.55. The molecule has 0 aliphatic heterocycles. The maximum absolute atomic E-state index is 6.42. The highest BCUT2D eigenvalue weighted by Gasteiger charge is 2.08. The van der Waals surface area contributed by atoms with Crippen LogP contribution in [0.4, 0.5) is 11.4 Å². The number of ether oxygens (including phenoxy) is 1. The minimum atomic E-state index is 0.711. The van der Waals surface area contributed by atoms with Crippen molar-refractivity contribution in [1.29, 1.82) is 0 Å². The minimum absolute atomic E-state index is 0.711. The number of methoxy groups -OCH3 is 1. The first-order chi connectivity index (χ1) is 10.2. The molecular formula is C17H21ClN2O. The van der Waals surface area contributed by atoms with E-state index in [1.54, 1.807) is 7.11 Å². The average molecular weight is 305 g/mol. The minimum Gasteiger partial charge on any atom is -0.383 e. The smallest absolute Gasteiger partial charge is 0.0646 e. The zero-order chi connectivity index (χ0) is 15.1. The Morgan fingerprint density at radius 3 is 2.57 bits per heavy atom. The molecule has 0 radical (unpaired) electrons. The number of hydrogen-bond donors (Lipinski definition) is 1. The summed E-state index contributed by atoms with van der Waals surface area (Å²) in [7, 11) is 3.72. The molecule has 0 unspecified atom stereocenters. The summed E-state index contributed by atoms with van der Waals surface area (Å²) in [5.74, 6) is 0. The van der Waals surface area contributed by atoms with Crippen LogP contribution >= 0.6 is 11.6 Å². The number of nitrogens with one attached hydrogen (secondary N) is 1. The van der Waals surface area contributed by atoms with Crippen LogP contribution in [0.15, 0.2) is 48.5 Å². The van der Waals surface area contributed by atoms with Gasteiger partial charge in [-0.2, -0.15) is 0 Å². The molecule has 0 aromatic heterocycles. The van der Waals surface area contributed by atoms with Crippen molar-refractivity contribution in [3.63, 3.8) is 0 Å². The molecule has 2 aromatic carbocycles. The Balaban J connectivity index is 2.05. The molecule has 21 heavy (non-hydrogen) atoms. The molecule has 0 bridgehead atoms. The summed E-state index contributed by atoms with van der Waals surface area (Å²) in [4.78, 5) is 2.09. The van der Waals surface area contributed by atoms with Crippen molar-refractivity contribution in [2.24, 2.45) is 0 Å². The SMILES string of the molecule is COCCNCc1ccc(N(C)c2ccccc2)c(Cl)c1. The van der Waals surface area contributed by atoms with Gasteiger partial charge in [-0.25, -0.2) is 0 Å². The van der Waals surface area contributed by atoms with Crippen LogP contribution in [0.25, 0.3) is 0 Å². The first kappa shape index (κ1) is 15.8. The van der Waals surface area contributed by atoms with E-state index in [1.165, 1.54) is 5.56 Å². The molecule has 0 heterocycles. The largest absolute Gasteiger partial charge is 0.383 e. The summed E-state index contributed by atoms with van der Waals surface area (Å²) in [5.41, 5.74) is 3.29. The van der Waals surface area contributed by atoms with Gasteiger partial charge in [-0.15, -0.1) is 0 Å². The van der Waals surface area contributed by atoms with Crippen molar-refractivity contribution < 1.29 is 4.74 Å².